The Morgan fingerprint density at radius 3 is 1.94 bits per heavy atom. The number of benzene rings is 1. The van der Waals surface area contributed by atoms with E-state index in [0.29, 0.717) is 0 Å². The lowest BCUT2D eigenvalue weighted by Crippen LogP contribution is -2.61. The minimum absolute atomic E-state index is 0.264. The first-order valence-corrected chi connectivity index (χ1v) is 10.3. The van der Waals surface area contributed by atoms with Crippen LogP contribution in [0.2, 0.25) is 0 Å². The van der Waals surface area contributed by atoms with Gasteiger partial charge in [-0.15, -0.1) is 0 Å². The van der Waals surface area contributed by atoms with Gasteiger partial charge in [0.1, 0.15) is 12.7 Å². The predicted molar refractivity (Wildman–Crippen MR) is 110 cm³/mol. The van der Waals surface area contributed by atoms with Gasteiger partial charge in [-0.25, -0.2) is 0 Å². The zero-order valence-electron chi connectivity index (χ0n) is 17.6. The maximum absolute atomic E-state index is 11.8. The number of hydrogen-bond acceptors (Lipinski definition) is 11. The van der Waals surface area contributed by atoms with E-state index in [4.69, 9.17) is 23.7 Å². The Kier molecular flexibility index (Phi) is 9.13. The molecule has 2 rings (SSSR count). The summed E-state index contributed by atoms with van der Waals surface area (Å²) < 4.78 is 30.2. The van der Waals surface area contributed by atoms with Crippen LogP contribution in [0.25, 0.3) is 0 Å². The maximum atomic E-state index is 11.8. The first-order valence-electron chi connectivity index (χ1n) is 9.44. The first-order chi connectivity index (χ1) is 14.7. The Morgan fingerprint density at radius 1 is 0.839 bits per heavy atom. The molecule has 0 radical (unpaired) electrons. The minimum Gasteiger partial charge on any atom is -0.463 e. The summed E-state index contributed by atoms with van der Waals surface area (Å²) in [5, 5.41) is 0. The van der Waals surface area contributed by atoms with Gasteiger partial charge in [0.25, 0.3) is 0 Å². The first kappa shape index (κ1) is 24.5. The second-order valence-corrected chi connectivity index (χ2v) is 7.56. The fourth-order valence-electron chi connectivity index (χ4n) is 2.92. The number of carbonyl (C=O) groups excluding carboxylic acids is 4. The molecule has 5 unspecified atom stereocenters. The zero-order chi connectivity index (χ0) is 23.0. The summed E-state index contributed by atoms with van der Waals surface area (Å²) in [6.07, 6.45) is -4.44. The van der Waals surface area contributed by atoms with Crippen molar-refractivity contribution in [1.29, 1.82) is 0 Å². The predicted octanol–water partition coefficient (Wildman–Crippen LogP) is 1.83. The normalized spacial score (nSPS) is 25.1. The second-order valence-electron chi connectivity index (χ2n) is 6.65. The monoisotopic (exact) mass is 455 g/mol. The Balaban J connectivity index is 2.35. The number of para-hydroxylation sites is 1. The Morgan fingerprint density at radius 2 is 1.39 bits per heavy atom. The van der Waals surface area contributed by atoms with Gasteiger partial charge in [-0.3, -0.25) is 19.2 Å². The molecule has 1 N–H and O–H groups in total. The number of hydrogen-bond donors (Lipinski definition) is 1. The van der Waals surface area contributed by atoms with Crippen molar-refractivity contribution in [1.82, 2.24) is 0 Å². The van der Waals surface area contributed by atoms with Crippen molar-refractivity contribution < 1.29 is 42.9 Å². The number of carbonyl (C=O) groups is 4. The van der Waals surface area contributed by atoms with E-state index in [1.165, 1.54) is 27.7 Å². The van der Waals surface area contributed by atoms with Gasteiger partial charge in [-0.05, 0) is 24.1 Å². The molecule has 1 fully saturated rings. The molecule has 1 aliphatic heterocycles. The Bertz CT molecular complexity index is 788. The van der Waals surface area contributed by atoms with Crippen molar-refractivity contribution in [3.63, 3.8) is 0 Å². The lowest BCUT2D eigenvalue weighted by molar-refractivity contribution is -0.237. The van der Waals surface area contributed by atoms with E-state index in [1.54, 1.807) is 0 Å². The smallest absolute Gasteiger partial charge is 0.303 e. The van der Waals surface area contributed by atoms with Crippen LogP contribution < -0.4 is 4.72 Å². The molecule has 0 amide bonds. The molecule has 0 aliphatic carbocycles. The molecule has 5 atom stereocenters. The Labute approximate surface area is 184 Å². The minimum atomic E-state index is -1.19. The van der Waals surface area contributed by atoms with Gasteiger partial charge in [0.05, 0.1) is 0 Å². The highest BCUT2D eigenvalue weighted by atomic mass is 32.2. The molecule has 170 valence electrons. The highest BCUT2D eigenvalue weighted by Gasteiger charge is 2.52. The van der Waals surface area contributed by atoms with Gasteiger partial charge in [0, 0.05) is 33.4 Å². The third-order valence-electron chi connectivity index (χ3n) is 4.01. The standard InChI is InChI=1S/C20H25NO9S/c1-11(22)26-10-16-17(27-12(2)23)18(28-13(3)24)19(29-14(4)25)20(30-16)31-21-15-8-6-5-7-9-15/h5-9,16-21H,10H2,1-4H3. The zero-order valence-corrected chi connectivity index (χ0v) is 18.4. The molecular weight excluding hydrogens is 430 g/mol. The fourth-order valence-corrected chi connectivity index (χ4v) is 3.85. The van der Waals surface area contributed by atoms with Crippen molar-refractivity contribution in [2.75, 3.05) is 11.3 Å². The van der Waals surface area contributed by atoms with E-state index in [2.05, 4.69) is 4.72 Å². The summed E-state index contributed by atoms with van der Waals surface area (Å²) in [7, 11) is 0. The summed E-state index contributed by atoms with van der Waals surface area (Å²) in [5.74, 6) is -2.56. The largest absolute Gasteiger partial charge is 0.463 e. The third-order valence-corrected chi connectivity index (χ3v) is 4.98. The molecular formula is C20H25NO9S. The molecule has 1 heterocycles. The highest BCUT2D eigenvalue weighted by molar-refractivity contribution is 8.01. The van der Waals surface area contributed by atoms with Gasteiger partial charge in [0.15, 0.2) is 23.7 Å². The SMILES string of the molecule is CC(=O)OCC1OC(SNc2ccccc2)C(OC(C)=O)C(OC(C)=O)C1OC(C)=O. The van der Waals surface area contributed by atoms with Crippen molar-refractivity contribution in [3.8, 4) is 0 Å². The third kappa shape index (κ3) is 7.76. The summed E-state index contributed by atoms with van der Waals surface area (Å²) in [6, 6.07) is 9.15. The molecule has 0 bridgehead atoms. The summed E-state index contributed by atoms with van der Waals surface area (Å²) in [4.78, 5) is 46.6. The van der Waals surface area contributed by atoms with Crippen molar-refractivity contribution in [2.24, 2.45) is 0 Å². The van der Waals surface area contributed by atoms with Gasteiger partial charge in [0.2, 0.25) is 0 Å². The number of nitrogens with one attached hydrogen (secondary N) is 1. The molecule has 0 saturated carbocycles. The lowest BCUT2D eigenvalue weighted by atomic mass is 9.99. The molecule has 11 heteroatoms. The van der Waals surface area contributed by atoms with Crippen LogP contribution in [0.5, 0.6) is 0 Å². The highest BCUT2D eigenvalue weighted by Crippen LogP contribution is 2.34. The van der Waals surface area contributed by atoms with E-state index in [-0.39, 0.29) is 6.61 Å². The average Bonchev–Trinajstić information content (AvgIpc) is 2.68. The van der Waals surface area contributed by atoms with E-state index in [9.17, 15) is 19.2 Å². The fraction of sp³-hybridized carbons (Fsp3) is 0.500. The molecule has 1 aromatic rings. The second kappa shape index (κ2) is 11.6. The number of ether oxygens (including phenoxy) is 5. The van der Waals surface area contributed by atoms with Crippen LogP contribution in [0.3, 0.4) is 0 Å². The van der Waals surface area contributed by atoms with Crippen molar-refractivity contribution >= 4 is 41.5 Å². The van der Waals surface area contributed by atoms with Crippen LogP contribution in [0, 0.1) is 0 Å². The van der Waals surface area contributed by atoms with Gasteiger partial charge >= 0.3 is 23.9 Å². The molecule has 1 saturated heterocycles. The van der Waals surface area contributed by atoms with Crippen LogP contribution in [-0.4, -0.2) is 60.3 Å². The summed E-state index contributed by atoms with van der Waals surface area (Å²) in [6.45, 7) is 4.50. The van der Waals surface area contributed by atoms with E-state index < -0.39 is 53.7 Å². The van der Waals surface area contributed by atoms with Crippen LogP contribution in [0.1, 0.15) is 27.7 Å². The quantitative estimate of drug-likeness (QED) is 0.350. The van der Waals surface area contributed by atoms with Gasteiger partial charge < -0.3 is 28.4 Å². The maximum Gasteiger partial charge on any atom is 0.303 e. The molecule has 31 heavy (non-hydrogen) atoms. The number of anilines is 1. The molecule has 0 spiro atoms. The lowest BCUT2D eigenvalue weighted by Gasteiger charge is -2.44. The summed E-state index contributed by atoms with van der Waals surface area (Å²) in [5.41, 5.74) is -0.138. The van der Waals surface area contributed by atoms with Crippen LogP contribution in [0.4, 0.5) is 5.69 Å². The summed E-state index contributed by atoms with van der Waals surface area (Å²) >= 11 is 1.07. The molecule has 1 aliphatic rings. The van der Waals surface area contributed by atoms with Crippen molar-refractivity contribution in [2.45, 2.75) is 57.5 Å². The van der Waals surface area contributed by atoms with E-state index >= 15 is 0 Å². The number of rotatable bonds is 8. The molecule has 0 aromatic heterocycles. The van der Waals surface area contributed by atoms with Crippen LogP contribution in [0.15, 0.2) is 30.3 Å². The van der Waals surface area contributed by atoms with E-state index in [0.717, 1.165) is 17.6 Å². The number of esters is 4. The van der Waals surface area contributed by atoms with E-state index in [1.807, 2.05) is 30.3 Å². The average molecular weight is 455 g/mol. The topological polar surface area (TPSA) is 126 Å². The Hall–Kier alpha value is -2.79. The van der Waals surface area contributed by atoms with Gasteiger partial charge in [-0.2, -0.15) is 0 Å². The van der Waals surface area contributed by atoms with Crippen LogP contribution in [-0.2, 0) is 42.9 Å². The van der Waals surface area contributed by atoms with Crippen molar-refractivity contribution in [3.05, 3.63) is 30.3 Å². The van der Waals surface area contributed by atoms with Crippen LogP contribution >= 0.6 is 11.9 Å². The van der Waals surface area contributed by atoms with Gasteiger partial charge in [-0.1, -0.05) is 18.2 Å². The molecule has 10 nitrogen and oxygen atoms in total. The molecule has 1 aromatic carbocycles.